The Morgan fingerprint density at radius 3 is 2.60 bits per heavy atom. The number of anilines is 2. The maximum Gasteiger partial charge on any atom is 0.247 e. The van der Waals surface area contributed by atoms with Gasteiger partial charge >= 0.3 is 0 Å². The summed E-state index contributed by atoms with van der Waals surface area (Å²) in [5.41, 5.74) is 0.633. The first-order valence-electron chi connectivity index (χ1n) is 5.76. The minimum atomic E-state index is -0.280. The van der Waals surface area contributed by atoms with Gasteiger partial charge in [0.05, 0.1) is 6.20 Å². The van der Waals surface area contributed by atoms with Crippen molar-refractivity contribution in [1.29, 1.82) is 0 Å². The molecule has 1 aromatic carbocycles. The van der Waals surface area contributed by atoms with E-state index >= 15 is 0 Å². The summed E-state index contributed by atoms with van der Waals surface area (Å²) in [6.07, 6.45) is 1.37. The second-order valence-corrected chi connectivity index (χ2v) is 4.43. The Labute approximate surface area is 119 Å². The summed E-state index contributed by atoms with van der Waals surface area (Å²) in [6.45, 7) is 1.31. The van der Waals surface area contributed by atoms with Gasteiger partial charge in [-0.25, -0.2) is 0 Å². The molecule has 0 saturated heterocycles. The second-order valence-electron chi connectivity index (χ2n) is 4.00. The molecule has 20 heavy (non-hydrogen) atoms. The summed E-state index contributed by atoms with van der Waals surface area (Å²) < 4.78 is 0. The monoisotopic (exact) mass is 293 g/mol. The molecule has 0 spiro atoms. The molecule has 8 heteroatoms. The minimum absolute atomic E-state index is 0.0534. The smallest absolute Gasteiger partial charge is 0.247 e. The van der Waals surface area contributed by atoms with Crippen LogP contribution < -0.4 is 10.6 Å². The molecule has 2 N–H and O–H groups in total. The van der Waals surface area contributed by atoms with Crippen LogP contribution in [0.1, 0.15) is 6.92 Å². The van der Waals surface area contributed by atoms with Gasteiger partial charge in [-0.2, -0.15) is 9.90 Å². The van der Waals surface area contributed by atoms with Gasteiger partial charge in [-0.05, 0) is 24.3 Å². The molecule has 1 heterocycles. The van der Waals surface area contributed by atoms with Gasteiger partial charge in [0.2, 0.25) is 11.8 Å². The number of amides is 2. The lowest BCUT2D eigenvalue weighted by molar-refractivity contribution is -0.117. The number of benzene rings is 1. The van der Waals surface area contributed by atoms with Crippen LogP contribution in [0.15, 0.2) is 30.5 Å². The third-order valence-electron chi connectivity index (χ3n) is 2.25. The topological polar surface area (TPSA) is 88.9 Å². The fraction of sp³-hybridized carbons (Fsp3) is 0.167. The predicted molar refractivity (Wildman–Crippen MR) is 74.4 cm³/mol. The van der Waals surface area contributed by atoms with Crippen LogP contribution in [0.2, 0.25) is 5.02 Å². The van der Waals surface area contributed by atoms with Gasteiger partial charge in [0.25, 0.3) is 0 Å². The van der Waals surface area contributed by atoms with Crippen molar-refractivity contribution in [1.82, 2.24) is 15.0 Å². The molecule has 2 amide bonds. The van der Waals surface area contributed by atoms with Crippen LogP contribution in [0.5, 0.6) is 0 Å². The highest BCUT2D eigenvalue weighted by Gasteiger charge is 2.07. The molecule has 0 unspecified atom stereocenters. The summed E-state index contributed by atoms with van der Waals surface area (Å²) in [6, 6.07) is 6.75. The highest BCUT2D eigenvalue weighted by atomic mass is 35.5. The molecule has 2 aromatic rings. The maximum absolute atomic E-state index is 11.8. The van der Waals surface area contributed by atoms with E-state index in [0.717, 1.165) is 0 Å². The number of rotatable bonds is 4. The molecule has 0 saturated carbocycles. The number of halogens is 1. The van der Waals surface area contributed by atoms with Crippen LogP contribution in [0.25, 0.3) is 0 Å². The fourth-order valence-corrected chi connectivity index (χ4v) is 1.60. The zero-order valence-corrected chi connectivity index (χ0v) is 11.4. The van der Waals surface area contributed by atoms with E-state index in [9.17, 15) is 9.59 Å². The lowest BCUT2D eigenvalue weighted by Gasteiger charge is -2.04. The maximum atomic E-state index is 11.8. The number of hydrogen-bond acceptors (Lipinski definition) is 4. The lowest BCUT2D eigenvalue weighted by atomic mass is 10.3. The number of carbonyl (C=O) groups is 2. The second kappa shape index (κ2) is 6.16. The molecule has 7 nitrogen and oxygen atoms in total. The molecule has 0 radical (unpaired) electrons. The molecule has 104 valence electrons. The Balaban J connectivity index is 1.92. The van der Waals surface area contributed by atoms with Crippen molar-refractivity contribution < 1.29 is 9.59 Å². The zero-order valence-electron chi connectivity index (χ0n) is 10.6. The average Bonchev–Trinajstić information content (AvgIpc) is 2.78. The first-order chi connectivity index (χ1) is 9.52. The number of nitrogens with zero attached hydrogens (tertiary/aromatic N) is 3. The van der Waals surface area contributed by atoms with Crippen LogP contribution in [0.4, 0.5) is 11.5 Å². The van der Waals surface area contributed by atoms with E-state index in [1.165, 1.54) is 17.9 Å². The molecule has 2 rings (SSSR count). The first kappa shape index (κ1) is 14.0. The zero-order chi connectivity index (χ0) is 14.5. The fourth-order valence-electron chi connectivity index (χ4n) is 1.47. The van der Waals surface area contributed by atoms with E-state index < -0.39 is 0 Å². The molecule has 0 aliphatic carbocycles. The number of carbonyl (C=O) groups excluding carboxylic acids is 2. The Kier molecular flexibility index (Phi) is 4.31. The van der Waals surface area contributed by atoms with Gasteiger partial charge in [-0.3, -0.25) is 9.59 Å². The molecule has 1 aromatic heterocycles. The van der Waals surface area contributed by atoms with Crippen LogP contribution in [-0.2, 0) is 16.1 Å². The summed E-state index contributed by atoms with van der Waals surface area (Å²) in [5, 5.41) is 13.6. The first-order valence-corrected chi connectivity index (χ1v) is 6.14. The van der Waals surface area contributed by atoms with Gasteiger partial charge in [0, 0.05) is 17.6 Å². The SMILES string of the molecule is CC(=O)Nc1cnn(CC(=O)Nc2ccc(Cl)cc2)n1. The molecule has 0 aliphatic heterocycles. The molecule has 0 fully saturated rings. The third-order valence-corrected chi connectivity index (χ3v) is 2.51. The van der Waals surface area contributed by atoms with Crippen molar-refractivity contribution >= 4 is 34.9 Å². The van der Waals surface area contributed by atoms with Gasteiger partial charge in [0.1, 0.15) is 6.54 Å². The Bertz CT molecular complexity index is 623. The minimum Gasteiger partial charge on any atom is -0.324 e. The van der Waals surface area contributed by atoms with E-state index in [1.54, 1.807) is 24.3 Å². The van der Waals surface area contributed by atoms with Crippen molar-refractivity contribution in [3.8, 4) is 0 Å². The number of hydrogen-bond donors (Lipinski definition) is 2. The Hall–Kier alpha value is -2.41. The van der Waals surface area contributed by atoms with Crippen LogP contribution in [0.3, 0.4) is 0 Å². The van der Waals surface area contributed by atoms with Gasteiger partial charge < -0.3 is 10.6 Å². The normalized spacial score (nSPS) is 10.1. The third kappa shape index (κ3) is 4.06. The molecular weight excluding hydrogens is 282 g/mol. The van der Waals surface area contributed by atoms with Crippen LogP contribution >= 0.6 is 11.6 Å². The largest absolute Gasteiger partial charge is 0.324 e. The van der Waals surface area contributed by atoms with Crippen molar-refractivity contribution in [3.63, 3.8) is 0 Å². The highest BCUT2D eigenvalue weighted by molar-refractivity contribution is 6.30. The number of aromatic nitrogens is 3. The Morgan fingerprint density at radius 2 is 1.95 bits per heavy atom. The lowest BCUT2D eigenvalue weighted by Crippen LogP contribution is -2.20. The Morgan fingerprint density at radius 1 is 1.25 bits per heavy atom. The van der Waals surface area contributed by atoms with Gasteiger partial charge in [0.15, 0.2) is 5.82 Å². The van der Waals surface area contributed by atoms with E-state index in [0.29, 0.717) is 16.5 Å². The van der Waals surface area contributed by atoms with E-state index in [4.69, 9.17) is 11.6 Å². The highest BCUT2D eigenvalue weighted by Crippen LogP contribution is 2.13. The summed E-state index contributed by atoms with van der Waals surface area (Å²) >= 11 is 5.75. The van der Waals surface area contributed by atoms with Gasteiger partial charge in [-0.1, -0.05) is 11.6 Å². The standard InChI is InChI=1S/C12H12ClN5O2/c1-8(19)15-11-6-14-18(17-11)7-12(20)16-10-4-2-9(13)3-5-10/h2-6H,7H2,1H3,(H,16,20)(H,15,17,19). The molecule has 0 aliphatic rings. The molecular formula is C12H12ClN5O2. The average molecular weight is 294 g/mol. The van der Waals surface area contributed by atoms with Crippen molar-refractivity contribution in [2.75, 3.05) is 10.6 Å². The predicted octanol–water partition coefficient (Wildman–Crippen LogP) is 1.53. The van der Waals surface area contributed by atoms with Crippen molar-refractivity contribution in [2.24, 2.45) is 0 Å². The molecule has 0 atom stereocenters. The summed E-state index contributed by atoms with van der Waals surface area (Å²) in [7, 11) is 0. The van der Waals surface area contributed by atoms with E-state index in [-0.39, 0.29) is 18.4 Å². The van der Waals surface area contributed by atoms with Crippen LogP contribution in [0, 0.1) is 0 Å². The van der Waals surface area contributed by atoms with E-state index in [1.807, 2.05) is 0 Å². The van der Waals surface area contributed by atoms with Gasteiger partial charge in [-0.15, -0.1) is 5.10 Å². The summed E-state index contributed by atoms with van der Waals surface area (Å²) in [4.78, 5) is 23.8. The summed E-state index contributed by atoms with van der Waals surface area (Å²) in [5.74, 6) is -0.225. The number of nitrogens with one attached hydrogen (secondary N) is 2. The van der Waals surface area contributed by atoms with Crippen LogP contribution in [-0.4, -0.2) is 26.8 Å². The van der Waals surface area contributed by atoms with E-state index in [2.05, 4.69) is 20.8 Å². The van der Waals surface area contributed by atoms with Crippen molar-refractivity contribution in [3.05, 3.63) is 35.5 Å². The molecule has 0 bridgehead atoms. The quantitative estimate of drug-likeness (QED) is 0.894. The van der Waals surface area contributed by atoms with Crippen molar-refractivity contribution in [2.45, 2.75) is 13.5 Å².